The standard InChI is InChI=1S/C23H20F4N8O4/c1-28-21(38)17-15(36)16(37)22(39-17)35-9-31-14-19(30-8-12-3-2-4-13(32-12)23(25,26)27)33-18(34-20(14)35)10-5-11(24)7-29-6-10/h2-7,9,15-17,22,36-37H,8H2,1H3,(H,28,38)(H,30,33,34). The number of hydrogen-bond acceptors (Lipinski definition) is 10. The number of pyridine rings is 2. The third-order valence-electron chi connectivity index (χ3n) is 5.94. The molecule has 4 aromatic rings. The summed E-state index contributed by atoms with van der Waals surface area (Å²) in [6, 6.07) is 4.57. The molecule has 1 saturated heterocycles. The van der Waals surface area contributed by atoms with Crippen molar-refractivity contribution in [3.8, 4) is 11.4 Å². The van der Waals surface area contributed by atoms with E-state index >= 15 is 0 Å². The van der Waals surface area contributed by atoms with Crippen LogP contribution in [-0.4, -0.2) is 71.0 Å². The Labute approximate surface area is 216 Å². The molecule has 204 valence electrons. The van der Waals surface area contributed by atoms with Crippen LogP contribution in [0.25, 0.3) is 22.6 Å². The third-order valence-corrected chi connectivity index (χ3v) is 5.94. The molecule has 0 bridgehead atoms. The van der Waals surface area contributed by atoms with E-state index in [1.165, 1.54) is 36.3 Å². The van der Waals surface area contributed by atoms with Crippen molar-refractivity contribution in [3.05, 3.63) is 60.2 Å². The zero-order valence-corrected chi connectivity index (χ0v) is 20.0. The number of anilines is 1. The molecule has 4 N–H and O–H groups in total. The van der Waals surface area contributed by atoms with Crippen LogP contribution in [0, 0.1) is 5.82 Å². The fraction of sp³-hybridized carbons (Fsp3) is 0.304. The predicted octanol–water partition coefficient (Wildman–Crippen LogP) is 1.42. The summed E-state index contributed by atoms with van der Waals surface area (Å²) in [5, 5.41) is 26.2. The van der Waals surface area contributed by atoms with E-state index in [1.807, 2.05) is 0 Å². The number of alkyl halides is 3. The van der Waals surface area contributed by atoms with Crippen molar-refractivity contribution in [2.45, 2.75) is 37.3 Å². The molecule has 0 saturated carbocycles. The molecule has 1 aliphatic heterocycles. The summed E-state index contributed by atoms with van der Waals surface area (Å²) in [6.07, 6.45) is -6.91. The molecule has 4 unspecified atom stereocenters. The molecule has 0 aliphatic carbocycles. The average molecular weight is 548 g/mol. The van der Waals surface area contributed by atoms with Crippen LogP contribution in [-0.2, 0) is 22.3 Å². The van der Waals surface area contributed by atoms with Crippen molar-refractivity contribution in [2.24, 2.45) is 0 Å². The summed E-state index contributed by atoms with van der Waals surface area (Å²) in [5.41, 5.74) is -0.680. The summed E-state index contributed by atoms with van der Waals surface area (Å²) in [7, 11) is 1.34. The number of aromatic nitrogens is 6. The second-order valence-electron chi connectivity index (χ2n) is 8.52. The second-order valence-corrected chi connectivity index (χ2v) is 8.52. The topological polar surface area (TPSA) is 160 Å². The summed E-state index contributed by atoms with van der Waals surface area (Å²) in [6.45, 7) is -0.191. The molecule has 5 heterocycles. The molecular formula is C23H20F4N8O4. The number of carbonyl (C=O) groups excluding carboxylic acids is 1. The number of imidazole rings is 1. The molecule has 12 nitrogen and oxygen atoms in total. The Morgan fingerprint density at radius 3 is 2.67 bits per heavy atom. The minimum atomic E-state index is -4.63. The molecule has 0 radical (unpaired) electrons. The van der Waals surface area contributed by atoms with Crippen molar-refractivity contribution >= 4 is 22.9 Å². The minimum absolute atomic E-state index is 0.0355. The zero-order chi connectivity index (χ0) is 27.9. The molecule has 0 spiro atoms. The number of carbonyl (C=O) groups is 1. The lowest BCUT2D eigenvalue weighted by atomic mass is 10.1. The summed E-state index contributed by atoms with van der Waals surface area (Å²) >= 11 is 0. The van der Waals surface area contributed by atoms with Crippen LogP contribution in [0.1, 0.15) is 17.6 Å². The maximum absolute atomic E-state index is 13.9. The molecule has 1 amide bonds. The number of amides is 1. The summed E-state index contributed by atoms with van der Waals surface area (Å²) < 4.78 is 60.1. The molecular weight excluding hydrogens is 528 g/mol. The fourth-order valence-electron chi connectivity index (χ4n) is 4.05. The average Bonchev–Trinajstić information content (AvgIpc) is 3.47. The minimum Gasteiger partial charge on any atom is -0.387 e. The van der Waals surface area contributed by atoms with Gasteiger partial charge in [-0.25, -0.2) is 24.3 Å². The van der Waals surface area contributed by atoms with Gasteiger partial charge in [0.1, 0.15) is 23.7 Å². The quantitative estimate of drug-likeness (QED) is 0.260. The highest BCUT2D eigenvalue weighted by molar-refractivity contribution is 5.85. The number of hydrogen-bond donors (Lipinski definition) is 4. The Morgan fingerprint density at radius 2 is 1.95 bits per heavy atom. The van der Waals surface area contributed by atoms with E-state index < -0.39 is 48.1 Å². The maximum atomic E-state index is 13.9. The highest BCUT2D eigenvalue weighted by atomic mass is 19.4. The molecule has 5 rings (SSSR count). The lowest BCUT2D eigenvalue weighted by molar-refractivity contribution is -0.141. The van der Waals surface area contributed by atoms with Crippen molar-refractivity contribution in [1.29, 1.82) is 0 Å². The smallest absolute Gasteiger partial charge is 0.387 e. The number of rotatable bonds is 6. The van der Waals surface area contributed by atoms with E-state index in [1.54, 1.807) is 0 Å². The van der Waals surface area contributed by atoms with E-state index in [-0.39, 0.29) is 40.6 Å². The van der Waals surface area contributed by atoms with Crippen molar-refractivity contribution in [1.82, 2.24) is 34.8 Å². The van der Waals surface area contributed by atoms with Crippen molar-refractivity contribution in [2.75, 3.05) is 12.4 Å². The lowest BCUT2D eigenvalue weighted by Gasteiger charge is -2.17. The van der Waals surface area contributed by atoms with Gasteiger partial charge in [-0.3, -0.25) is 14.3 Å². The SMILES string of the molecule is CNC(=O)C1OC(n2cnc3c(NCc4cccc(C(F)(F)F)n4)nc(-c4cncc(F)c4)nc32)C(O)C1O. The summed E-state index contributed by atoms with van der Waals surface area (Å²) in [4.78, 5) is 32.5. The van der Waals surface area contributed by atoms with Gasteiger partial charge in [-0.05, 0) is 18.2 Å². The first-order valence-corrected chi connectivity index (χ1v) is 11.4. The molecule has 4 aromatic heterocycles. The van der Waals surface area contributed by atoms with Crippen molar-refractivity contribution in [3.63, 3.8) is 0 Å². The van der Waals surface area contributed by atoms with E-state index in [9.17, 15) is 32.6 Å². The molecule has 1 aliphatic rings. The molecule has 16 heteroatoms. The fourth-order valence-corrected chi connectivity index (χ4v) is 4.05. The Balaban J connectivity index is 1.56. The normalized spacial score (nSPS) is 21.3. The lowest BCUT2D eigenvalue weighted by Crippen LogP contribution is -2.41. The first-order chi connectivity index (χ1) is 18.6. The van der Waals surface area contributed by atoms with Gasteiger partial charge >= 0.3 is 6.18 Å². The van der Waals surface area contributed by atoms with Crippen LogP contribution < -0.4 is 10.6 Å². The largest absolute Gasteiger partial charge is 0.433 e. The van der Waals surface area contributed by atoms with Crippen LogP contribution in [0.3, 0.4) is 0 Å². The monoisotopic (exact) mass is 548 g/mol. The van der Waals surface area contributed by atoms with Crippen LogP contribution in [0.4, 0.5) is 23.4 Å². The van der Waals surface area contributed by atoms with Crippen LogP contribution >= 0.6 is 0 Å². The second kappa shape index (κ2) is 10.1. The van der Waals surface area contributed by atoms with Crippen molar-refractivity contribution < 1.29 is 37.3 Å². The zero-order valence-electron chi connectivity index (χ0n) is 20.0. The highest BCUT2D eigenvalue weighted by Crippen LogP contribution is 2.34. The van der Waals surface area contributed by atoms with Gasteiger partial charge in [0.15, 0.2) is 35.1 Å². The number of halogens is 4. The third kappa shape index (κ3) is 5.08. The van der Waals surface area contributed by atoms with Gasteiger partial charge in [-0.2, -0.15) is 13.2 Å². The van der Waals surface area contributed by atoms with Gasteiger partial charge in [0.25, 0.3) is 5.91 Å². The van der Waals surface area contributed by atoms with Crippen LogP contribution in [0.15, 0.2) is 43.0 Å². The molecule has 39 heavy (non-hydrogen) atoms. The number of nitrogens with zero attached hydrogens (tertiary/aromatic N) is 6. The van der Waals surface area contributed by atoms with E-state index in [4.69, 9.17) is 4.74 Å². The Bertz CT molecular complexity index is 1530. The van der Waals surface area contributed by atoms with Crippen LogP contribution in [0.2, 0.25) is 0 Å². The number of likely N-dealkylation sites (N-methyl/N-ethyl adjacent to an activating group) is 1. The molecule has 0 aromatic carbocycles. The Kier molecular flexibility index (Phi) is 6.83. The van der Waals surface area contributed by atoms with E-state index in [0.717, 1.165) is 18.3 Å². The molecule has 4 atom stereocenters. The number of nitrogens with one attached hydrogen (secondary N) is 2. The van der Waals surface area contributed by atoms with Gasteiger partial charge in [-0.15, -0.1) is 0 Å². The number of fused-ring (bicyclic) bond motifs is 1. The van der Waals surface area contributed by atoms with Gasteiger partial charge in [0.05, 0.1) is 24.8 Å². The first kappa shape index (κ1) is 26.3. The van der Waals surface area contributed by atoms with E-state index in [2.05, 4.69) is 35.6 Å². The number of aliphatic hydroxyl groups excluding tert-OH is 2. The summed E-state index contributed by atoms with van der Waals surface area (Å²) in [5.74, 6) is -1.32. The predicted molar refractivity (Wildman–Crippen MR) is 125 cm³/mol. The number of ether oxygens (including phenoxy) is 1. The highest BCUT2D eigenvalue weighted by Gasteiger charge is 2.47. The Hall–Kier alpha value is -4.28. The van der Waals surface area contributed by atoms with Gasteiger partial charge in [0, 0.05) is 18.8 Å². The first-order valence-electron chi connectivity index (χ1n) is 11.4. The molecule has 1 fully saturated rings. The Morgan fingerprint density at radius 1 is 1.15 bits per heavy atom. The van der Waals surface area contributed by atoms with Gasteiger partial charge < -0.3 is 25.6 Å². The van der Waals surface area contributed by atoms with E-state index in [0.29, 0.717) is 0 Å². The number of aliphatic hydroxyl groups is 2. The van der Waals surface area contributed by atoms with Crippen LogP contribution in [0.5, 0.6) is 0 Å². The van der Waals surface area contributed by atoms with Gasteiger partial charge in [0.2, 0.25) is 0 Å². The van der Waals surface area contributed by atoms with Gasteiger partial charge in [-0.1, -0.05) is 6.07 Å². The maximum Gasteiger partial charge on any atom is 0.433 e.